The van der Waals surface area contributed by atoms with Crippen LogP contribution in [0.1, 0.15) is 46.6 Å². The average molecular weight is 284 g/mol. The maximum Gasteiger partial charge on any atom is 0.497 e. The van der Waals surface area contributed by atoms with Gasteiger partial charge in [-0.2, -0.15) is 0 Å². The largest absolute Gasteiger partial charge is 0.497 e. The second-order valence-electron chi connectivity index (χ2n) is 7.19. The Hall–Kier alpha value is -1.33. The molecule has 2 aromatic heterocycles. The first kappa shape index (κ1) is 13.3. The predicted octanol–water partition coefficient (Wildman–Crippen LogP) is 2.67. The Kier molecular flexibility index (Phi) is 2.61. The summed E-state index contributed by atoms with van der Waals surface area (Å²) in [5.74, 6) is 0. The molecule has 1 saturated carbocycles. The van der Waals surface area contributed by atoms with Gasteiger partial charge >= 0.3 is 7.12 Å². The first-order valence-electron chi connectivity index (χ1n) is 7.70. The minimum absolute atomic E-state index is 0.312. The molecular weight excluding hydrogens is 263 g/mol. The quantitative estimate of drug-likeness (QED) is 0.795. The molecule has 21 heavy (non-hydrogen) atoms. The smallest absolute Gasteiger partial charge is 0.399 e. The van der Waals surface area contributed by atoms with Crippen LogP contribution in [0.15, 0.2) is 24.5 Å². The van der Waals surface area contributed by atoms with Gasteiger partial charge in [-0.15, -0.1) is 0 Å². The van der Waals surface area contributed by atoms with Crippen LogP contribution < -0.4 is 5.46 Å². The Morgan fingerprint density at radius 2 is 1.86 bits per heavy atom. The Labute approximate surface area is 125 Å². The number of nitrogens with zero attached hydrogens (tertiary/aromatic N) is 2. The fraction of sp³-hybridized carbons (Fsp3) is 0.562. The predicted molar refractivity (Wildman–Crippen MR) is 83.7 cm³/mol. The summed E-state index contributed by atoms with van der Waals surface area (Å²) in [6, 6.07) is 4.69. The molecule has 0 radical (unpaired) electrons. The Morgan fingerprint density at radius 1 is 1.19 bits per heavy atom. The molecule has 2 aliphatic rings. The molecule has 1 aliphatic carbocycles. The summed E-state index contributed by atoms with van der Waals surface area (Å²) < 4.78 is 14.7. The van der Waals surface area contributed by atoms with Gasteiger partial charge in [-0.3, -0.25) is 0 Å². The molecule has 0 atom stereocenters. The van der Waals surface area contributed by atoms with Crippen LogP contribution in [0.5, 0.6) is 0 Å². The van der Waals surface area contributed by atoms with Crippen LogP contribution in [-0.2, 0) is 9.31 Å². The van der Waals surface area contributed by atoms with Crippen molar-refractivity contribution in [3.8, 4) is 0 Å². The van der Waals surface area contributed by atoms with E-state index in [4.69, 9.17) is 9.31 Å². The number of pyridine rings is 1. The Balaban J connectivity index is 1.81. The van der Waals surface area contributed by atoms with Crippen LogP contribution >= 0.6 is 0 Å². The Morgan fingerprint density at radius 3 is 2.48 bits per heavy atom. The Bertz CT molecular complexity index is 687. The van der Waals surface area contributed by atoms with Crippen LogP contribution in [0.4, 0.5) is 0 Å². The summed E-state index contributed by atoms with van der Waals surface area (Å²) in [4.78, 5) is 4.56. The number of fused-ring (bicyclic) bond motifs is 1. The molecule has 4 nitrogen and oxygen atoms in total. The number of rotatable bonds is 2. The van der Waals surface area contributed by atoms with Gasteiger partial charge in [0.1, 0.15) is 5.65 Å². The summed E-state index contributed by atoms with van der Waals surface area (Å²) in [7, 11) is -0.318. The third-order valence-corrected chi connectivity index (χ3v) is 5.07. The lowest BCUT2D eigenvalue weighted by Crippen LogP contribution is -2.41. The minimum Gasteiger partial charge on any atom is -0.399 e. The standard InChI is InChI=1S/C16H21BN2O2/c1-15(2)16(3,4)21-17(20-15)13-10-19(11-7-8-11)14-12(13)6-5-9-18-14/h5-6,9-11H,7-8H2,1-4H3. The highest BCUT2D eigenvalue weighted by Crippen LogP contribution is 2.39. The first-order chi connectivity index (χ1) is 9.89. The van der Waals surface area contributed by atoms with Gasteiger partial charge in [-0.25, -0.2) is 4.98 Å². The molecule has 2 fully saturated rings. The molecule has 5 heteroatoms. The van der Waals surface area contributed by atoms with Gasteiger partial charge < -0.3 is 13.9 Å². The summed E-state index contributed by atoms with van der Waals surface area (Å²) in [6.07, 6.45) is 6.51. The normalized spacial score (nSPS) is 23.9. The second kappa shape index (κ2) is 4.11. The van der Waals surface area contributed by atoms with Crippen molar-refractivity contribution in [2.24, 2.45) is 0 Å². The van der Waals surface area contributed by atoms with Gasteiger partial charge in [0.15, 0.2) is 0 Å². The summed E-state index contributed by atoms with van der Waals surface area (Å²) in [5, 5.41) is 1.14. The maximum absolute atomic E-state index is 6.21. The van der Waals surface area contributed by atoms with E-state index in [1.54, 1.807) is 0 Å². The lowest BCUT2D eigenvalue weighted by Gasteiger charge is -2.32. The second-order valence-corrected chi connectivity index (χ2v) is 7.19. The van der Waals surface area contributed by atoms with Crippen LogP contribution in [0.3, 0.4) is 0 Å². The highest BCUT2D eigenvalue weighted by molar-refractivity contribution is 6.65. The molecule has 1 saturated heterocycles. The molecule has 0 unspecified atom stereocenters. The zero-order valence-corrected chi connectivity index (χ0v) is 13.1. The fourth-order valence-electron chi connectivity index (χ4n) is 2.90. The average Bonchev–Trinajstić information content (AvgIpc) is 3.13. The van der Waals surface area contributed by atoms with Crippen molar-refractivity contribution in [1.82, 2.24) is 9.55 Å². The van der Waals surface area contributed by atoms with Gasteiger partial charge in [0.05, 0.1) is 11.2 Å². The van der Waals surface area contributed by atoms with Crippen LogP contribution in [-0.4, -0.2) is 27.9 Å². The first-order valence-corrected chi connectivity index (χ1v) is 7.70. The van der Waals surface area contributed by atoms with Crippen molar-refractivity contribution < 1.29 is 9.31 Å². The van der Waals surface area contributed by atoms with E-state index < -0.39 is 0 Å². The van der Waals surface area contributed by atoms with E-state index in [-0.39, 0.29) is 18.3 Å². The molecular formula is C16H21BN2O2. The summed E-state index contributed by atoms with van der Waals surface area (Å²) in [6.45, 7) is 8.35. The molecule has 0 bridgehead atoms. The molecule has 4 rings (SSSR count). The minimum atomic E-state index is -0.318. The molecule has 0 N–H and O–H groups in total. The number of hydrogen-bond acceptors (Lipinski definition) is 3. The summed E-state index contributed by atoms with van der Waals surface area (Å²) >= 11 is 0. The van der Waals surface area contributed by atoms with Gasteiger partial charge in [-0.1, -0.05) is 6.07 Å². The van der Waals surface area contributed by atoms with Gasteiger partial charge in [0.25, 0.3) is 0 Å². The fourth-order valence-corrected chi connectivity index (χ4v) is 2.90. The lowest BCUT2D eigenvalue weighted by atomic mass is 9.79. The third kappa shape index (κ3) is 1.94. The number of hydrogen-bond donors (Lipinski definition) is 0. The van der Waals surface area contributed by atoms with Crippen LogP contribution in [0.25, 0.3) is 11.0 Å². The lowest BCUT2D eigenvalue weighted by molar-refractivity contribution is 0.00578. The van der Waals surface area contributed by atoms with Gasteiger partial charge in [0.2, 0.25) is 0 Å². The summed E-state index contributed by atoms with van der Waals surface area (Å²) in [5.41, 5.74) is 1.52. The van der Waals surface area contributed by atoms with Crippen molar-refractivity contribution in [2.45, 2.75) is 57.8 Å². The van der Waals surface area contributed by atoms with E-state index in [9.17, 15) is 0 Å². The van der Waals surface area contributed by atoms with E-state index in [1.807, 2.05) is 12.3 Å². The number of aromatic nitrogens is 2. The topological polar surface area (TPSA) is 36.3 Å². The molecule has 1 aliphatic heterocycles. The van der Waals surface area contributed by atoms with Crippen molar-refractivity contribution in [2.75, 3.05) is 0 Å². The highest BCUT2D eigenvalue weighted by atomic mass is 16.7. The van der Waals surface area contributed by atoms with Crippen LogP contribution in [0, 0.1) is 0 Å². The maximum atomic E-state index is 6.21. The van der Waals surface area contributed by atoms with Crippen molar-refractivity contribution in [1.29, 1.82) is 0 Å². The van der Waals surface area contributed by atoms with Crippen LogP contribution in [0.2, 0.25) is 0 Å². The molecule has 3 heterocycles. The molecule has 0 spiro atoms. The molecule has 110 valence electrons. The highest BCUT2D eigenvalue weighted by Gasteiger charge is 2.52. The van der Waals surface area contributed by atoms with E-state index in [0.29, 0.717) is 6.04 Å². The van der Waals surface area contributed by atoms with E-state index >= 15 is 0 Å². The molecule has 0 amide bonds. The third-order valence-electron chi connectivity index (χ3n) is 5.07. The van der Waals surface area contributed by atoms with Gasteiger partial charge in [0, 0.05) is 29.3 Å². The van der Waals surface area contributed by atoms with Crippen molar-refractivity contribution >= 4 is 23.6 Å². The zero-order chi connectivity index (χ0) is 14.8. The van der Waals surface area contributed by atoms with E-state index in [1.165, 1.54) is 12.8 Å². The molecule has 0 aromatic carbocycles. The zero-order valence-electron chi connectivity index (χ0n) is 13.1. The SMILES string of the molecule is CC1(C)OB(c2cn(C3CC3)c3ncccc23)OC1(C)C. The van der Waals surface area contributed by atoms with Crippen molar-refractivity contribution in [3.63, 3.8) is 0 Å². The monoisotopic (exact) mass is 284 g/mol. The van der Waals surface area contributed by atoms with Crippen molar-refractivity contribution in [3.05, 3.63) is 24.5 Å². The van der Waals surface area contributed by atoms with Gasteiger partial charge in [-0.05, 0) is 46.6 Å². The molecule has 2 aromatic rings. The van der Waals surface area contributed by atoms with E-state index in [2.05, 4.69) is 49.5 Å². The van der Waals surface area contributed by atoms with E-state index in [0.717, 1.165) is 16.5 Å².